The lowest BCUT2D eigenvalue weighted by Gasteiger charge is -2.52. The van der Waals surface area contributed by atoms with Gasteiger partial charge in [0.2, 0.25) is 5.85 Å². The quantitative estimate of drug-likeness (QED) is 0.208. The van der Waals surface area contributed by atoms with Gasteiger partial charge in [-0.05, 0) is 83.1 Å². The summed E-state index contributed by atoms with van der Waals surface area (Å²) in [5, 5.41) is 4.28. The Morgan fingerprint density at radius 2 is 1.67 bits per heavy atom. The fraction of sp³-hybridized carbons (Fsp3) is 0.541. The van der Waals surface area contributed by atoms with Crippen molar-refractivity contribution in [2.75, 3.05) is 38.1 Å². The van der Waals surface area contributed by atoms with Gasteiger partial charge in [-0.1, -0.05) is 41.4 Å². The predicted molar refractivity (Wildman–Crippen MR) is 190 cm³/mol. The molecule has 0 spiro atoms. The van der Waals surface area contributed by atoms with Crippen LogP contribution in [-0.4, -0.2) is 89.4 Å². The fourth-order valence-corrected chi connectivity index (χ4v) is 8.14. The number of H-pyrrole nitrogens is 1. The molecule has 10 nitrogen and oxygen atoms in total. The largest absolute Gasteiger partial charge is 0.466 e. The number of Topliss-reactive ketones (excluding diaryl/α,β-unsaturated/α-hetero) is 1. The molecule has 2 saturated heterocycles. The molecule has 264 valence electrons. The normalized spacial score (nSPS) is 24.8. The molecule has 2 aromatic carbocycles. The summed E-state index contributed by atoms with van der Waals surface area (Å²) in [6.45, 7) is 8.71. The molecule has 2 N–H and O–H groups in total. The Kier molecular flexibility index (Phi) is 11.3. The Hall–Kier alpha value is -2.99. The molecule has 3 fully saturated rings. The van der Waals surface area contributed by atoms with E-state index in [1.807, 2.05) is 45.0 Å². The van der Waals surface area contributed by atoms with Gasteiger partial charge in [-0.2, -0.15) is 0 Å². The predicted octanol–water partition coefficient (Wildman–Crippen LogP) is 6.84. The highest BCUT2D eigenvalue weighted by atomic mass is 35.5. The molecule has 49 heavy (non-hydrogen) atoms. The van der Waals surface area contributed by atoms with Crippen molar-refractivity contribution in [2.24, 2.45) is 5.92 Å². The monoisotopic (exact) mass is 712 g/mol. The van der Waals surface area contributed by atoms with E-state index in [1.54, 1.807) is 18.3 Å². The van der Waals surface area contributed by atoms with Gasteiger partial charge in [-0.3, -0.25) is 24.2 Å². The zero-order valence-electron chi connectivity index (χ0n) is 28.4. The van der Waals surface area contributed by atoms with E-state index in [1.165, 1.54) is 0 Å². The van der Waals surface area contributed by atoms with Gasteiger partial charge < -0.3 is 24.5 Å². The summed E-state index contributed by atoms with van der Waals surface area (Å²) in [6.07, 6.45) is 5.75. The number of anilines is 1. The molecule has 6 rings (SSSR count). The van der Waals surface area contributed by atoms with Crippen LogP contribution < -0.4 is 5.32 Å². The minimum Gasteiger partial charge on any atom is -0.466 e. The van der Waals surface area contributed by atoms with Crippen LogP contribution in [0.1, 0.15) is 75.2 Å². The zero-order valence-corrected chi connectivity index (χ0v) is 29.9. The van der Waals surface area contributed by atoms with Gasteiger partial charge in [0.1, 0.15) is 0 Å². The minimum atomic E-state index is -1.34. The van der Waals surface area contributed by atoms with Crippen molar-refractivity contribution in [3.63, 3.8) is 0 Å². The van der Waals surface area contributed by atoms with Crippen LogP contribution in [0.4, 0.5) is 5.69 Å². The molecule has 1 amide bonds. The number of halogens is 2. The number of aromatic nitrogens is 1. The Balaban J connectivity index is 1.27. The van der Waals surface area contributed by atoms with Gasteiger partial charge >= 0.3 is 5.97 Å². The molecule has 3 atom stereocenters. The first-order chi connectivity index (χ1) is 23.6. The molecule has 1 aliphatic carbocycles. The summed E-state index contributed by atoms with van der Waals surface area (Å²) in [5.74, 6) is -2.12. The number of carbonyl (C=O) groups excluding carboxylic acids is 3. The third kappa shape index (κ3) is 7.70. The van der Waals surface area contributed by atoms with Gasteiger partial charge in [0.25, 0.3) is 5.91 Å². The number of aromatic amines is 1. The summed E-state index contributed by atoms with van der Waals surface area (Å²) < 4.78 is 18.5. The molecule has 0 bridgehead atoms. The number of para-hydroxylation sites is 1. The van der Waals surface area contributed by atoms with Crippen LogP contribution >= 0.6 is 23.2 Å². The molecular weight excluding hydrogens is 667 g/mol. The smallest absolute Gasteiger partial charge is 0.308 e. The van der Waals surface area contributed by atoms with Crippen molar-refractivity contribution >= 4 is 57.5 Å². The third-order valence-corrected chi connectivity index (χ3v) is 10.6. The molecule has 1 unspecified atom stereocenters. The average Bonchev–Trinajstić information content (AvgIpc) is 3.77. The number of rotatable bonds is 11. The van der Waals surface area contributed by atoms with Crippen LogP contribution in [0.2, 0.25) is 10.0 Å². The van der Waals surface area contributed by atoms with E-state index in [0.29, 0.717) is 67.2 Å². The third-order valence-electron chi connectivity index (χ3n) is 9.94. The maximum Gasteiger partial charge on any atom is 0.308 e. The van der Waals surface area contributed by atoms with E-state index in [2.05, 4.69) is 20.1 Å². The van der Waals surface area contributed by atoms with Crippen LogP contribution in [0.25, 0.3) is 10.9 Å². The standard InChI is InChI=1S/C37H46Cl2N4O6/c1-4-47-36(46)25-11-13-27(14-12-25)49-37(42-15-7-8-16-42,43-21-23(2)48-24(3)22-43)34(44)18-26-17-31(39)33(19-30(26)38)41-35(45)29-20-40-32-10-6-5-9-28(29)32/h5-6,9-10,17,19-20,23-25,27,40H,4,7-8,11-16,18,21-22H2,1-3H3,(H,41,45)/t23-,24+,25?,27?,37?. The van der Waals surface area contributed by atoms with Crippen LogP contribution in [-0.2, 0) is 30.2 Å². The summed E-state index contributed by atoms with van der Waals surface area (Å²) in [6, 6.07) is 10.8. The van der Waals surface area contributed by atoms with Crippen molar-refractivity contribution in [1.29, 1.82) is 0 Å². The molecule has 2 aliphatic heterocycles. The average molecular weight is 714 g/mol. The van der Waals surface area contributed by atoms with Crippen molar-refractivity contribution in [1.82, 2.24) is 14.8 Å². The van der Waals surface area contributed by atoms with Gasteiger partial charge in [0.15, 0.2) is 5.78 Å². The number of benzene rings is 2. The summed E-state index contributed by atoms with van der Waals surface area (Å²) in [5.41, 5.74) is 2.24. The van der Waals surface area contributed by atoms with Gasteiger partial charge in [-0.15, -0.1) is 0 Å². The van der Waals surface area contributed by atoms with E-state index in [0.717, 1.165) is 36.8 Å². The highest BCUT2D eigenvalue weighted by Gasteiger charge is 2.54. The van der Waals surface area contributed by atoms with Gasteiger partial charge in [0.05, 0.1) is 47.1 Å². The van der Waals surface area contributed by atoms with E-state index >= 15 is 0 Å². The summed E-state index contributed by atoms with van der Waals surface area (Å²) in [7, 11) is 0. The van der Waals surface area contributed by atoms with E-state index in [9.17, 15) is 14.4 Å². The lowest BCUT2D eigenvalue weighted by atomic mass is 9.87. The van der Waals surface area contributed by atoms with Crippen LogP contribution in [0.3, 0.4) is 0 Å². The number of fused-ring (bicyclic) bond motifs is 1. The molecule has 12 heteroatoms. The van der Waals surface area contributed by atoms with E-state index in [4.69, 9.17) is 37.4 Å². The van der Waals surface area contributed by atoms with E-state index in [-0.39, 0.29) is 53.3 Å². The van der Waals surface area contributed by atoms with Crippen molar-refractivity contribution in [2.45, 2.75) is 89.9 Å². The Bertz CT molecular complexity index is 1660. The zero-order chi connectivity index (χ0) is 34.7. The molecular formula is C37H46Cl2N4O6. The first-order valence-electron chi connectivity index (χ1n) is 17.5. The summed E-state index contributed by atoms with van der Waals surface area (Å²) in [4.78, 5) is 48.2. The second kappa shape index (κ2) is 15.5. The first-order valence-corrected chi connectivity index (χ1v) is 18.2. The number of ketones is 1. The van der Waals surface area contributed by atoms with Crippen LogP contribution in [0.15, 0.2) is 42.6 Å². The van der Waals surface area contributed by atoms with Gasteiger partial charge in [-0.25, -0.2) is 0 Å². The molecule has 3 aliphatic rings. The summed E-state index contributed by atoms with van der Waals surface area (Å²) >= 11 is 13.6. The number of nitrogens with zero attached hydrogens (tertiary/aromatic N) is 2. The number of esters is 1. The maximum atomic E-state index is 15.0. The molecule has 1 saturated carbocycles. The number of likely N-dealkylation sites (tertiary alicyclic amines) is 1. The highest BCUT2D eigenvalue weighted by molar-refractivity contribution is 6.36. The second-order valence-electron chi connectivity index (χ2n) is 13.5. The fourth-order valence-electron chi connectivity index (χ4n) is 7.68. The lowest BCUT2D eigenvalue weighted by molar-refractivity contribution is -0.274. The number of ether oxygens (including phenoxy) is 3. The van der Waals surface area contributed by atoms with Crippen molar-refractivity contribution < 1.29 is 28.6 Å². The second-order valence-corrected chi connectivity index (χ2v) is 14.3. The van der Waals surface area contributed by atoms with Crippen LogP contribution in [0, 0.1) is 5.92 Å². The topological polar surface area (TPSA) is 113 Å². The number of nitrogens with one attached hydrogen (secondary N) is 2. The van der Waals surface area contributed by atoms with Gasteiger partial charge in [0, 0.05) is 54.7 Å². The Labute approximate surface area is 297 Å². The number of amides is 1. The first kappa shape index (κ1) is 35.8. The molecule has 1 aromatic heterocycles. The maximum absolute atomic E-state index is 15.0. The number of morpholine rings is 1. The van der Waals surface area contributed by atoms with Crippen molar-refractivity contribution in [3.8, 4) is 0 Å². The Morgan fingerprint density at radius 3 is 2.37 bits per heavy atom. The van der Waals surface area contributed by atoms with Crippen molar-refractivity contribution in [3.05, 3.63) is 63.8 Å². The Morgan fingerprint density at radius 1 is 0.980 bits per heavy atom. The van der Waals surface area contributed by atoms with Crippen LogP contribution in [0.5, 0.6) is 0 Å². The molecule has 3 heterocycles. The number of carbonyl (C=O) groups is 3. The van der Waals surface area contributed by atoms with E-state index < -0.39 is 5.85 Å². The lowest BCUT2D eigenvalue weighted by Crippen LogP contribution is -2.71. The highest BCUT2D eigenvalue weighted by Crippen LogP contribution is 2.39. The molecule has 0 radical (unpaired) electrons. The minimum absolute atomic E-state index is 0.0238. The SMILES string of the molecule is CCOC(=O)C1CCC(OC(C(=O)Cc2cc(Cl)c(NC(=O)c3c[nH]c4ccccc34)cc2Cl)(N2CCCC2)N2C[C@@H](C)O[C@@H](C)C2)CC1. The number of hydrogen-bond donors (Lipinski definition) is 2. The number of hydrogen-bond acceptors (Lipinski definition) is 8. The molecule has 3 aromatic rings.